The topological polar surface area (TPSA) is 106 Å². The summed E-state index contributed by atoms with van der Waals surface area (Å²) in [6, 6.07) is 15.8. The molecule has 4 aromatic rings. The highest BCUT2D eigenvalue weighted by Gasteiger charge is 2.12. The van der Waals surface area contributed by atoms with Gasteiger partial charge >= 0.3 is 0 Å². The highest BCUT2D eigenvalue weighted by atomic mass is 16.6. The Kier molecular flexibility index (Phi) is 4.13. The lowest BCUT2D eigenvalue weighted by atomic mass is 10.1. The van der Waals surface area contributed by atoms with Crippen LogP contribution in [0.3, 0.4) is 0 Å². The maximum Gasteiger partial charge on any atom is 0.270 e. The summed E-state index contributed by atoms with van der Waals surface area (Å²) in [5, 5.41) is 15.1. The second kappa shape index (κ2) is 6.75. The van der Waals surface area contributed by atoms with E-state index < -0.39 is 4.92 Å². The number of benzene rings is 2. The van der Waals surface area contributed by atoms with E-state index in [9.17, 15) is 10.1 Å². The summed E-state index contributed by atoms with van der Waals surface area (Å²) >= 11 is 0. The quantitative estimate of drug-likeness (QED) is 0.406. The SMILES string of the molecule is COc1ccc(Nc2ncnc3[nH]c(-c4cccc([N+](=O)[O-])c4)cc23)cc1. The molecule has 0 atom stereocenters. The van der Waals surface area contributed by atoms with E-state index in [1.54, 1.807) is 13.2 Å². The normalized spacial score (nSPS) is 10.7. The van der Waals surface area contributed by atoms with Crippen LogP contribution in [0, 0.1) is 10.1 Å². The fourth-order valence-electron chi connectivity index (χ4n) is 2.79. The monoisotopic (exact) mass is 361 g/mol. The number of aromatic amines is 1. The summed E-state index contributed by atoms with van der Waals surface area (Å²) in [5.41, 5.74) is 2.97. The number of hydrogen-bond donors (Lipinski definition) is 2. The Labute approximate surface area is 154 Å². The molecule has 0 saturated heterocycles. The van der Waals surface area contributed by atoms with Gasteiger partial charge in [-0.05, 0) is 30.3 Å². The Balaban J connectivity index is 1.71. The number of hydrogen-bond acceptors (Lipinski definition) is 6. The number of nitrogens with one attached hydrogen (secondary N) is 2. The van der Waals surface area contributed by atoms with Gasteiger partial charge in [-0.3, -0.25) is 10.1 Å². The largest absolute Gasteiger partial charge is 0.497 e. The molecule has 8 heteroatoms. The first-order chi connectivity index (χ1) is 13.1. The number of non-ortho nitro benzene ring substituents is 1. The van der Waals surface area contributed by atoms with Crippen molar-refractivity contribution in [2.24, 2.45) is 0 Å². The molecule has 0 amide bonds. The zero-order valence-corrected chi connectivity index (χ0v) is 14.3. The van der Waals surface area contributed by atoms with Gasteiger partial charge in [0.15, 0.2) is 0 Å². The van der Waals surface area contributed by atoms with E-state index in [1.807, 2.05) is 36.4 Å². The first kappa shape index (κ1) is 16.5. The molecule has 0 spiro atoms. The first-order valence-corrected chi connectivity index (χ1v) is 8.13. The molecule has 4 rings (SSSR count). The molecule has 0 bridgehead atoms. The predicted molar refractivity (Wildman–Crippen MR) is 102 cm³/mol. The van der Waals surface area contributed by atoms with Crippen LogP contribution in [-0.4, -0.2) is 27.0 Å². The van der Waals surface area contributed by atoms with E-state index in [-0.39, 0.29) is 5.69 Å². The van der Waals surface area contributed by atoms with Crippen molar-refractivity contribution in [1.29, 1.82) is 0 Å². The van der Waals surface area contributed by atoms with E-state index in [0.717, 1.165) is 22.5 Å². The number of nitro benzene ring substituents is 1. The van der Waals surface area contributed by atoms with Crippen molar-refractivity contribution in [3.05, 3.63) is 71.0 Å². The number of fused-ring (bicyclic) bond motifs is 1. The van der Waals surface area contributed by atoms with Crippen LogP contribution in [0.15, 0.2) is 60.9 Å². The minimum atomic E-state index is -0.414. The van der Waals surface area contributed by atoms with E-state index in [0.29, 0.717) is 17.0 Å². The van der Waals surface area contributed by atoms with E-state index >= 15 is 0 Å². The summed E-state index contributed by atoms with van der Waals surface area (Å²) in [6.45, 7) is 0. The minimum absolute atomic E-state index is 0.0359. The lowest BCUT2D eigenvalue weighted by molar-refractivity contribution is -0.384. The Morgan fingerprint density at radius 2 is 1.93 bits per heavy atom. The summed E-state index contributed by atoms with van der Waals surface area (Å²) in [5.74, 6) is 1.40. The molecule has 0 fully saturated rings. The summed E-state index contributed by atoms with van der Waals surface area (Å²) in [4.78, 5) is 22.4. The van der Waals surface area contributed by atoms with Gasteiger partial charge in [-0.25, -0.2) is 9.97 Å². The number of anilines is 2. The van der Waals surface area contributed by atoms with Crippen LogP contribution < -0.4 is 10.1 Å². The number of nitrogens with zero attached hydrogens (tertiary/aromatic N) is 3. The van der Waals surface area contributed by atoms with Gasteiger partial charge in [0.05, 0.1) is 17.4 Å². The zero-order chi connectivity index (χ0) is 18.8. The Hall–Kier alpha value is -3.94. The molecule has 8 nitrogen and oxygen atoms in total. The zero-order valence-electron chi connectivity index (χ0n) is 14.3. The highest BCUT2D eigenvalue weighted by molar-refractivity contribution is 5.93. The molecule has 27 heavy (non-hydrogen) atoms. The molecule has 2 aromatic heterocycles. The van der Waals surface area contributed by atoms with Crippen molar-refractivity contribution in [1.82, 2.24) is 15.0 Å². The number of rotatable bonds is 5. The number of ether oxygens (including phenoxy) is 1. The van der Waals surface area contributed by atoms with Gasteiger partial charge in [0.2, 0.25) is 0 Å². The number of methoxy groups -OCH3 is 1. The third-order valence-electron chi connectivity index (χ3n) is 4.15. The number of nitro groups is 1. The van der Waals surface area contributed by atoms with Crippen LogP contribution in [0.1, 0.15) is 0 Å². The third kappa shape index (κ3) is 3.28. The minimum Gasteiger partial charge on any atom is -0.497 e. The Morgan fingerprint density at radius 3 is 2.67 bits per heavy atom. The molecule has 2 heterocycles. The molecule has 134 valence electrons. The molecule has 0 radical (unpaired) electrons. The molecule has 0 aliphatic carbocycles. The van der Waals surface area contributed by atoms with Gasteiger partial charge in [-0.1, -0.05) is 12.1 Å². The van der Waals surface area contributed by atoms with Gasteiger partial charge in [0.25, 0.3) is 5.69 Å². The molecule has 2 N–H and O–H groups in total. The maximum absolute atomic E-state index is 11.0. The van der Waals surface area contributed by atoms with Crippen molar-refractivity contribution in [2.75, 3.05) is 12.4 Å². The summed E-state index contributed by atoms with van der Waals surface area (Å²) in [7, 11) is 1.62. The van der Waals surface area contributed by atoms with Gasteiger partial charge in [-0.2, -0.15) is 0 Å². The number of aromatic nitrogens is 3. The number of H-pyrrole nitrogens is 1. The smallest absolute Gasteiger partial charge is 0.270 e. The Bertz CT molecular complexity index is 1120. The van der Waals surface area contributed by atoms with Crippen LogP contribution in [0.2, 0.25) is 0 Å². The second-order valence-corrected chi connectivity index (χ2v) is 5.83. The fraction of sp³-hybridized carbons (Fsp3) is 0.0526. The van der Waals surface area contributed by atoms with Gasteiger partial charge in [0, 0.05) is 29.1 Å². The van der Waals surface area contributed by atoms with Crippen LogP contribution in [0.25, 0.3) is 22.3 Å². The van der Waals surface area contributed by atoms with Crippen molar-refractivity contribution in [3.63, 3.8) is 0 Å². The first-order valence-electron chi connectivity index (χ1n) is 8.13. The fourth-order valence-corrected chi connectivity index (χ4v) is 2.79. The van der Waals surface area contributed by atoms with Crippen molar-refractivity contribution >= 4 is 28.2 Å². The molecular formula is C19H15N5O3. The lowest BCUT2D eigenvalue weighted by Crippen LogP contribution is -1.95. The second-order valence-electron chi connectivity index (χ2n) is 5.83. The Morgan fingerprint density at radius 1 is 1.11 bits per heavy atom. The summed E-state index contributed by atoms with van der Waals surface area (Å²) < 4.78 is 5.16. The third-order valence-corrected chi connectivity index (χ3v) is 4.15. The molecule has 0 aliphatic rings. The molecule has 0 aliphatic heterocycles. The van der Waals surface area contributed by atoms with Crippen molar-refractivity contribution in [2.45, 2.75) is 0 Å². The average Bonchev–Trinajstić information content (AvgIpc) is 3.14. The van der Waals surface area contributed by atoms with E-state index in [1.165, 1.54) is 18.5 Å². The lowest BCUT2D eigenvalue weighted by Gasteiger charge is -2.07. The molecule has 0 saturated carbocycles. The van der Waals surface area contributed by atoms with Crippen molar-refractivity contribution < 1.29 is 9.66 Å². The molecule has 2 aromatic carbocycles. The van der Waals surface area contributed by atoms with Gasteiger partial charge in [-0.15, -0.1) is 0 Å². The van der Waals surface area contributed by atoms with Crippen LogP contribution in [0.4, 0.5) is 17.2 Å². The molecule has 0 unspecified atom stereocenters. The predicted octanol–water partition coefficient (Wildman–Crippen LogP) is 4.29. The van der Waals surface area contributed by atoms with Gasteiger partial charge in [0.1, 0.15) is 23.5 Å². The van der Waals surface area contributed by atoms with Crippen LogP contribution >= 0.6 is 0 Å². The highest BCUT2D eigenvalue weighted by Crippen LogP contribution is 2.30. The van der Waals surface area contributed by atoms with Crippen LogP contribution in [0.5, 0.6) is 5.75 Å². The van der Waals surface area contributed by atoms with E-state index in [4.69, 9.17) is 4.74 Å². The van der Waals surface area contributed by atoms with E-state index in [2.05, 4.69) is 20.3 Å². The van der Waals surface area contributed by atoms with Crippen LogP contribution in [-0.2, 0) is 0 Å². The summed E-state index contributed by atoms with van der Waals surface area (Å²) in [6.07, 6.45) is 1.46. The standard InChI is InChI=1S/C19H15N5O3/c1-27-15-7-5-13(6-8-15)22-18-16-10-17(23-19(16)21-11-20-18)12-3-2-4-14(9-12)24(25)26/h2-11H,1H3,(H2,20,21,22,23). The molecular weight excluding hydrogens is 346 g/mol. The van der Waals surface area contributed by atoms with Gasteiger partial charge < -0.3 is 15.0 Å². The average molecular weight is 361 g/mol. The maximum atomic E-state index is 11.0. The van der Waals surface area contributed by atoms with Crippen molar-refractivity contribution in [3.8, 4) is 17.0 Å².